The summed E-state index contributed by atoms with van der Waals surface area (Å²) < 4.78 is 18.8. The molecule has 0 bridgehead atoms. The lowest BCUT2D eigenvalue weighted by molar-refractivity contribution is -0.118. The van der Waals surface area contributed by atoms with Crippen LogP contribution in [0.1, 0.15) is 53.6 Å². The van der Waals surface area contributed by atoms with Gasteiger partial charge in [-0.2, -0.15) is 0 Å². The van der Waals surface area contributed by atoms with E-state index in [1.807, 2.05) is 77.1 Å². The smallest absolute Gasteiger partial charge is 0.271 e. The summed E-state index contributed by atoms with van der Waals surface area (Å²) in [5, 5.41) is 0. The molecule has 0 saturated heterocycles. The van der Waals surface area contributed by atoms with E-state index < -0.39 is 0 Å². The minimum Gasteiger partial charge on any atom is -0.486 e. The monoisotopic (exact) mass is 702 g/mol. The largest absolute Gasteiger partial charge is 0.486 e. The van der Waals surface area contributed by atoms with Gasteiger partial charge in [0.1, 0.15) is 36.2 Å². The van der Waals surface area contributed by atoms with Crippen LogP contribution in [0.25, 0.3) is 6.08 Å². The number of para-hydroxylation sites is 1. The van der Waals surface area contributed by atoms with E-state index in [0.29, 0.717) is 36.8 Å². The molecular weight excluding hydrogens is 674 g/mol. The summed E-state index contributed by atoms with van der Waals surface area (Å²) in [5.74, 6) is 0.839. The first-order valence-electron chi connectivity index (χ1n) is 11.7. The summed E-state index contributed by atoms with van der Waals surface area (Å²) in [4.78, 5) is 27.0. The molecule has 0 spiro atoms. The van der Waals surface area contributed by atoms with Gasteiger partial charge < -0.3 is 17.4 Å². The first-order valence-corrected chi connectivity index (χ1v) is 13.5. The van der Waals surface area contributed by atoms with Crippen LogP contribution in [0.5, 0.6) is 11.5 Å². The number of ether oxygens (including phenoxy) is 2. The van der Waals surface area contributed by atoms with E-state index in [-0.39, 0.29) is 11.5 Å². The first-order chi connectivity index (χ1) is 17.0. The lowest BCUT2D eigenvalue weighted by atomic mass is 9.84. The molecule has 2 aromatic rings. The Hall–Kier alpha value is -1.86. The van der Waals surface area contributed by atoms with Crippen molar-refractivity contribution in [2.75, 3.05) is 22.9 Å². The zero-order valence-corrected chi connectivity index (χ0v) is 23.9. The molecule has 0 N–H and O–H groups in total. The van der Waals surface area contributed by atoms with Crippen LogP contribution >= 0.6 is 45.9 Å². The van der Waals surface area contributed by atoms with Crippen LogP contribution in [-0.4, -0.2) is 42.6 Å². The van der Waals surface area contributed by atoms with E-state index in [1.54, 1.807) is 32.4 Å². The summed E-state index contributed by atoms with van der Waals surface area (Å²) in [5.41, 5.74) is 2.70. The van der Waals surface area contributed by atoms with Gasteiger partial charge in [-0.05, 0) is 49.6 Å². The van der Waals surface area contributed by atoms with Crippen molar-refractivity contribution in [3.05, 3.63) is 59.3 Å². The maximum Gasteiger partial charge on any atom is 0.271 e. The number of halogens is 2. The molecule has 1 aliphatic carbocycles. The second-order valence-corrected chi connectivity index (χ2v) is 10.2. The molecule has 4 rings (SSSR count). The van der Waals surface area contributed by atoms with E-state index >= 15 is 0 Å². The molecule has 0 atom stereocenters. The molecule has 0 radical (unpaired) electrons. The highest BCUT2D eigenvalue weighted by Gasteiger charge is 2.34. The van der Waals surface area contributed by atoms with Gasteiger partial charge in [-0.3, -0.25) is 9.59 Å². The van der Waals surface area contributed by atoms with Gasteiger partial charge in [0, 0.05) is 11.8 Å². The third-order valence-electron chi connectivity index (χ3n) is 6.45. The molecule has 9 heteroatoms. The third-order valence-corrected chi connectivity index (χ3v) is 8.35. The van der Waals surface area contributed by atoms with Gasteiger partial charge in [0.15, 0.2) is 11.5 Å². The molecule has 2 aliphatic rings. The second-order valence-electron chi connectivity index (χ2n) is 8.84. The standard InChI is InChI=1S/C26H28I2N2O5/c1-19-7-5-9-22(30(27)25(32)21-8-6-10-23-24(21)34-16-15-33-23)20(19)11-14-29(18-31)17-26(35-28)12-3-2-4-13-26/h5-11,14,18H,2-4,12-13,15-17H2,1H3/b14-11-. The van der Waals surface area contributed by atoms with E-state index in [4.69, 9.17) is 12.5 Å². The topological polar surface area (TPSA) is 68.3 Å². The van der Waals surface area contributed by atoms with Crippen LogP contribution in [0.15, 0.2) is 42.6 Å². The Morgan fingerprint density at radius 2 is 1.86 bits per heavy atom. The molecule has 1 saturated carbocycles. The fourth-order valence-electron chi connectivity index (χ4n) is 4.59. The Morgan fingerprint density at radius 1 is 1.11 bits per heavy atom. The summed E-state index contributed by atoms with van der Waals surface area (Å²) in [7, 11) is 0. The molecule has 1 aliphatic heterocycles. The Bertz CT molecular complexity index is 1100. The van der Waals surface area contributed by atoms with Gasteiger partial charge in [-0.1, -0.05) is 37.5 Å². The fraction of sp³-hybridized carbons (Fsp3) is 0.385. The van der Waals surface area contributed by atoms with Crippen LogP contribution in [0.4, 0.5) is 5.69 Å². The van der Waals surface area contributed by atoms with Crippen molar-refractivity contribution < 1.29 is 22.1 Å². The number of carbonyl (C=O) groups is 2. The third kappa shape index (κ3) is 5.93. The minimum absolute atomic E-state index is 0.208. The van der Waals surface area contributed by atoms with Crippen LogP contribution in [0.3, 0.4) is 0 Å². The Labute approximate surface area is 234 Å². The van der Waals surface area contributed by atoms with Gasteiger partial charge in [0.05, 0.1) is 46.3 Å². The number of nitrogens with zero attached hydrogens (tertiary/aromatic N) is 2. The van der Waals surface area contributed by atoms with E-state index in [9.17, 15) is 9.59 Å². The van der Waals surface area contributed by atoms with Crippen molar-refractivity contribution in [3.8, 4) is 11.5 Å². The molecule has 0 aromatic heterocycles. The number of carbonyl (C=O) groups excluding carboxylic acids is 2. The molecule has 1 fully saturated rings. The molecule has 186 valence electrons. The summed E-state index contributed by atoms with van der Waals surface area (Å²) in [6.45, 7) is 3.35. The SMILES string of the molecule is Cc1cccc(N(I)C(=O)c2cccc3c2OCCO3)c1/C=C\N(C=O)CC1(OI)CCCCC1. The number of hydrogen-bond donors (Lipinski definition) is 0. The molecule has 35 heavy (non-hydrogen) atoms. The average Bonchev–Trinajstić information content (AvgIpc) is 2.90. The van der Waals surface area contributed by atoms with E-state index in [1.165, 1.54) is 6.42 Å². The minimum atomic E-state index is -0.321. The zero-order valence-electron chi connectivity index (χ0n) is 19.5. The highest BCUT2D eigenvalue weighted by Crippen LogP contribution is 2.37. The molecule has 2 amide bonds. The first kappa shape index (κ1) is 26.2. The van der Waals surface area contributed by atoms with Crippen molar-refractivity contribution in [3.63, 3.8) is 0 Å². The molecule has 7 nitrogen and oxygen atoms in total. The maximum atomic E-state index is 13.5. The highest BCUT2D eigenvalue weighted by molar-refractivity contribution is 14.1. The zero-order chi connectivity index (χ0) is 24.8. The van der Waals surface area contributed by atoms with Crippen molar-refractivity contribution in [1.82, 2.24) is 4.90 Å². The predicted octanol–water partition coefficient (Wildman–Crippen LogP) is 6.26. The van der Waals surface area contributed by atoms with E-state index in [0.717, 1.165) is 48.9 Å². The lowest BCUT2D eigenvalue weighted by Gasteiger charge is -2.36. The van der Waals surface area contributed by atoms with Gasteiger partial charge in [-0.15, -0.1) is 0 Å². The number of aryl methyl sites for hydroxylation is 1. The van der Waals surface area contributed by atoms with Crippen molar-refractivity contribution >= 4 is 70.0 Å². The maximum absolute atomic E-state index is 13.5. The van der Waals surface area contributed by atoms with Gasteiger partial charge >= 0.3 is 0 Å². The molecule has 0 unspecified atom stereocenters. The quantitative estimate of drug-likeness (QED) is 0.185. The summed E-state index contributed by atoms with van der Waals surface area (Å²) in [6, 6.07) is 11.1. The number of fused-ring (bicyclic) bond motifs is 1. The van der Waals surface area contributed by atoms with Crippen LogP contribution < -0.4 is 12.6 Å². The average molecular weight is 702 g/mol. The summed E-state index contributed by atoms with van der Waals surface area (Å²) >= 11 is 3.99. The summed E-state index contributed by atoms with van der Waals surface area (Å²) in [6.07, 6.45) is 9.78. The fourth-order valence-corrected chi connectivity index (χ4v) is 5.85. The van der Waals surface area contributed by atoms with Crippen molar-refractivity contribution in [2.45, 2.75) is 44.6 Å². The highest BCUT2D eigenvalue weighted by atomic mass is 127. The molecular formula is C26H28I2N2O5. The molecule has 1 heterocycles. The predicted molar refractivity (Wildman–Crippen MR) is 152 cm³/mol. The number of benzene rings is 2. The Morgan fingerprint density at radius 3 is 2.60 bits per heavy atom. The number of anilines is 1. The van der Waals surface area contributed by atoms with Crippen LogP contribution in [0.2, 0.25) is 0 Å². The van der Waals surface area contributed by atoms with Crippen LogP contribution in [0, 0.1) is 6.92 Å². The molecule has 2 aromatic carbocycles. The van der Waals surface area contributed by atoms with Gasteiger partial charge in [-0.25, -0.2) is 3.11 Å². The van der Waals surface area contributed by atoms with Gasteiger partial charge in [0.2, 0.25) is 6.41 Å². The number of hydrogen-bond acceptors (Lipinski definition) is 5. The normalized spacial score (nSPS) is 16.7. The lowest BCUT2D eigenvalue weighted by Crippen LogP contribution is -2.42. The van der Waals surface area contributed by atoms with Crippen molar-refractivity contribution in [1.29, 1.82) is 0 Å². The second kappa shape index (κ2) is 11.9. The Balaban J connectivity index is 1.59. The Kier molecular flexibility index (Phi) is 8.92. The van der Waals surface area contributed by atoms with Gasteiger partial charge in [0.25, 0.3) is 5.91 Å². The number of amides is 2. The number of rotatable bonds is 8. The van der Waals surface area contributed by atoms with Crippen LogP contribution in [-0.2, 0) is 7.86 Å². The van der Waals surface area contributed by atoms with Crippen molar-refractivity contribution in [2.24, 2.45) is 0 Å². The van der Waals surface area contributed by atoms with E-state index in [2.05, 4.69) is 0 Å².